The summed E-state index contributed by atoms with van der Waals surface area (Å²) < 4.78 is 39.0. The molecule has 4 aromatic rings. The molecular weight excluding hydrogens is 497 g/mol. The second-order valence-electron chi connectivity index (χ2n) is 8.93. The van der Waals surface area contributed by atoms with Gasteiger partial charge in [0.25, 0.3) is 5.91 Å². The molecule has 0 aliphatic heterocycles. The van der Waals surface area contributed by atoms with Crippen molar-refractivity contribution in [2.45, 2.75) is 25.9 Å². The van der Waals surface area contributed by atoms with Gasteiger partial charge in [-0.2, -0.15) is 18.3 Å². The molecule has 192 valence electrons. The van der Waals surface area contributed by atoms with Crippen LogP contribution in [-0.2, 0) is 11.0 Å². The predicted molar refractivity (Wildman–Crippen MR) is 134 cm³/mol. The fraction of sp³-hybridized carbons (Fsp3) is 0.185. The SMILES string of the molecule is Cc1ccc(NC(=O)c2cc(C(F)(F)F)cnn2)cc1-c1ccnc(-c2ccnc(NC(=O)C3CC3)c2)c1. The van der Waals surface area contributed by atoms with Crippen LogP contribution in [0.15, 0.2) is 67.1 Å². The van der Waals surface area contributed by atoms with Crippen LogP contribution in [-0.4, -0.2) is 32.0 Å². The number of nitrogens with one attached hydrogen (secondary N) is 2. The molecule has 1 fully saturated rings. The summed E-state index contributed by atoms with van der Waals surface area (Å²) in [6.07, 6.45) is 0.956. The highest BCUT2D eigenvalue weighted by molar-refractivity contribution is 6.03. The summed E-state index contributed by atoms with van der Waals surface area (Å²) in [6, 6.07) is 13.0. The van der Waals surface area contributed by atoms with E-state index in [-0.39, 0.29) is 11.8 Å². The Balaban J connectivity index is 1.38. The van der Waals surface area contributed by atoms with Gasteiger partial charge >= 0.3 is 6.18 Å². The highest BCUT2D eigenvalue weighted by Gasteiger charge is 2.32. The van der Waals surface area contributed by atoms with Gasteiger partial charge in [0, 0.05) is 29.6 Å². The lowest BCUT2D eigenvalue weighted by atomic mass is 9.99. The second kappa shape index (κ2) is 10.0. The predicted octanol–water partition coefficient (Wildman–Crippen LogP) is 5.53. The zero-order valence-electron chi connectivity index (χ0n) is 20.1. The average molecular weight is 518 g/mol. The van der Waals surface area contributed by atoms with Crippen molar-refractivity contribution in [2.24, 2.45) is 5.92 Å². The number of hydrogen-bond acceptors (Lipinski definition) is 6. The Bertz CT molecular complexity index is 1540. The molecule has 5 rings (SSSR count). The van der Waals surface area contributed by atoms with Crippen LogP contribution in [0.3, 0.4) is 0 Å². The summed E-state index contributed by atoms with van der Waals surface area (Å²) in [6.45, 7) is 1.90. The van der Waals surface area contributed by atoms with Crippen LogP contribution in [0.5, 0.6) is 0 Å². The van der Waals surface area contributed by atoms with Gasteiger partial charge in [-0.25, -0.2) is 4.98 Å². The normalized spacial score (nSPS) is 13.2. The van der Waals surface area contributed by atoms with Crippen LogP contribution in [0.4, 0.5) is 24.7 Å². The van der Waals surface area contributed by atoms with Crippen LogP contribution in [0.25, 0.3) is 22.4 Å². The maximum atomic E-state index is 13.0. The number of hydrogen-bond donors (Lipinski definition) is 2. The van der Waals surface area contributed by atoms with Gasteiger partial charge in [-0.15, -0.1) is 5.10 Å². The Labute approximate surface area is 215 Å². The van der Waals surface area contributed by atoms with E-state index in [1.54, 1.807) is 42.7 Å². The van der Waals surface area contributed by atoms with E-state index in [0.717, 1.165) is 35.1 Å². The molecule has 1 aliphatic carbocycles. The third-order valence-corrected chi connectivity index (χ3v) is 6.04. The number of amides is 2. The third kappa shape index (κ3) is 5.66. The van der Waals surface area contributed by atoms with E-state index >= 15 is 0 Å². The van der Waals surface area contributed by atoms with Crippen molar-refractivity contribution in [3.63, 3.8) is 0 Å². The molecule has 2 N–H and O–H groups in total. The minimum atomic E-state index is -4.64. The van der Waals surface area contributed by atoms with E-state index in [4.69, 9.17) is 0 Å². The Hall–Kier alpha value is -4.67. The minimum Gasteiger partial charge on any atom is -0.321 e. The van der Waals surface area contributed by atoms with Crippen molar-refractivity contribution in [1.82, 2.24) is 20.2 Å². The summed E-state index contributed by atoms with van der Waals surface area (Å²) in [7, 11) is 0. The summed E-state index contributed by atoms with van der Waals surface area (Å²) in [5.41, 5.74) is 2.79. The molecule has 0 spiro atoms. The molecule has 1 saturated carbocycles. The number of anilines is 2. The highest BCUT2D eigenvalue weighted by atomic mass is 19.4. The van der Waals surface area contributed by atoms with E-state index in [9.17, 15) is 22.8 Å². The molecule has 0 saturated heterocycles. The topological polar surface area (TPSA) is 110 Å². The van der Waals surface area contributed by atoms with Crippen LogP contribution in [0.1, 0.15) is 34.5 Å². The fourth-order valence-electron chi connectivity index (χ4n) is 3.83. The Morgan fingerprint density at radius 2 is 1.68 bits per heavy atom. The maximum Gasteiger partial charge on any atom is 0.418 e. The first-order chi connectivity index (χ1) is 18.2. The first-order valence-electron chi connectivity index (χ1n) is 11.7. The van der Waals surface area contributed by atoms with Gasteiger partial charge in [-0.3, -0.25) is 14.6 Å². The Morgan fingerprint density at radius 1 is 0.921 bits per heavy atom. The van der Waals surface area contributed by atoms with Gasteiger partial charge < -0.3 is 10.6 Å². The number of carbonyl (C=O) groups is 2. The molecule has 1 aromatic carbocycles. The lowest BCUT2D eigenvalue weighted by Crippen LogP contribution is -2.16. The fourth-order valence-corrected chi connectivity index (χ4v) is 3.83. The molecule has 0 unspecified atom stereocenters. The van der Waals surface area contributed by atoms with E-state index < -0.39 is 23.3 Å². The quantitative estimate of drug-likeness (QED) is 0.347. The van der Waals surface area contributed by atoms with Gasteiger partial charge in [0.2, 0.25) is 5.91 Å². The molecular formula is C27H21F3N6O2. The van der Waals surface area contributed by atoms with Gasteiger partial charge in [0.1, 0.15) is 5.82 Å². The molecule has 2 amide bonds. The summed E-state index contributed by atoms with van der Waals surface area (Å²) in [5.74, 6) is -0.350. The number of carbonyl (C=O) groups excluding carboxylic acids is 2. The molecule has 8 nitrogen and oxygen atoms in total. The van der Waals surface area contributed by atoms with Crippen LogP contribution < -0.4 is 10.6 Å². The van der Waals surface area contributed by atoms with Gasteiger partial charge in [0.15, 0.2) is 5.69 Å². The minimum absolute atomic E-state index is 0.0399. The molecule has 1 aliphatic rings. The largest absolute Gasteiger partial charge is 0.418 e. The zero-order chi connectivity index (χ0) is 26.9. The van der Waals surface area contributed by atoms with Crippen molar-refractivity contribution in [1.29, 1.82) is 0 Å². The van der Waals surface area contributed by atoms with Crippen LogP contribution in [0.2, 0.25) is 0 Å². The van der Waals surface area contributed by atoms with Gasteiger partial charge in [-0.1, -0.05) is 6.07 Å². The number of pyridine rings is 2. The van der Waals surface area contributed by atoms with Gasteiger partial charge in [-0.05, 0) is 78.9 Å². The maximum absolute atomic E-state index is 13.0. The lowest BCUT2D eigenvalue weighted by Gasteiger charge is -2.12. The third-order valence-electron chi connectivity index (χ3n) is 6.04. The average Bonchev–Trinajstić information content (AvgIpc) is 3.75. The van der Waals surface area contributed by atoms with Crippen molar-refractivity contribution in [2.75, 3.05) is 10.6 Å². The second-order valence-corrected chi connectivity index (χ2v) is 8.93. The zero-order valence-corrected chi connectivity index (χ0v) is 20.1. The first kappa shape index (κ1) is 25.0. The van der Waals surface area contributed by atoms with E-state index in [1.807, 2.05) is 19.1 Å². The molecule has 3 aromatic heterocycles. The summed E-state index contributed by atoms with van der Waals surface area (Å²) in [5, 5.41) is 12.2. The van der Waals surface area contributed by atoms with Crippen molar-refractivity contribution < 1.29 is 22.8 Å². The number of alkyl halides is 3. The molecule has 0 radical (unpaired) electrons. The monoisotopic (exact) mass is 518 g/mol. The Morgan fingerprint density at radius 3 is 2.45 bits per heavy atom. The van der Waals surface area contributed by atoms with Gasteiger partial charge in [0.05, 0.1) is 17.5 Å². The highest BCUT2D eigenvalue weighted by Crippen LogP contribution is 2.32. The van der Waals surface area contributed by atoms with Crippen LogP contribution >= 0.6 is 0 Å². The lowest BCUT2D eigenvalue weighted by molar-refractivity contribution is -0.138. The summed E-state index contributed by atoms with van der Waals surface area (Å²) in [4.78, 5) is 33.4. The van der Waals surface area contributed by atoms with E-state index in [2.05, 4.69) is 30.8 Å². The summed E-state index contributed by atoms with van der Waals surface area (Å²) >= 11 is 0. The number of benzene rings is 1. The molecule has 0 bridgehead atoms. The number of aromatic nitrogens is 4. The van der Waals surface area contributed by atoms with Crippen LogP contribution in [0, 0.1) is 12.8 Å². The first-order valence-corrected chi connectivity index (χ1v) is 11.7. The number of aryl methyl sites for hydroxylation is 1. The standard InChI is InChI=1S/C27H21F3N6O2/c1-15-2-5-20(34-26(38)23-12-19(14-33-36-23)27(28,29)30)13-21(15)17-6-8-31-22(10-17)18-7-9-32-24(11-18)35-25(37)16-3-4-16/h2,5-14,16H,3-4H2,1H3,(H,34,38)(H,32,35,37). The number of rotatable bonds is 6. The van der Waals surface area contributed by atoms with Crippen molar-refractivity contribution >= 4 is 23.3 Å². The van der Waals surface area contributed by atoms with Crippen molar-refractivity contribution in [3.8, 4) is 22.4 Å². The number of halogens is 3. The molecule has 0 atom stereocenters. The molecule has 38 heavy (non-hydrogen) atoms. The molecule has 11 heteroatoms. The smallest absolute Gasteiger partial charge is 0.321 e. The van der Waals surface area contributed by atoms with Crippen molar-refractivity contribution in [3.05, 3.63) is 83.9 Å². The van der Waals surface area contributed by atoms with E-state index in [0.29, 0.717) is 29.5 Å². The molecule has 3 heterocycles. The number of nitrogens with zero attached hydrogens (tertiary/aromatic N) is 4. The van der Waals surface area contributed by atoms with E-state index in [1.165, 1.54) is 0 Å². The Kier molecular flexibility index (Phi) is 6.58.